The summed E-state index contributed by atoms with van der Waals surface area (Å²) in [5.74, 6) is -2.09. The second-order valence-corrected chi connectivity index (χ2v) is 9.75. The molecule has 31 heavy (non-hydrogen) atoms. The normalized spacial score (nSPS) is 17.8. The molecule has 1 aromatic carbocycles. The van der Waals surface area contributed by atoms with E-state index in [1.807, 2.05) is 4.90 Å². The molecule has 1 saturated heterocycles. The molecule has 10 heteroatoms. The molecule has 1 aromatic heterocycles. The van der Waals surface area contributed by atoms with E-state index in [0.717, 1.165) is 24.5 Å². The highest BCUT2D eigenvalue weighted by Crippen LogP contribution is 2.39. The van der Waals surface area contributed by atoms with Crippen molar-refractivity contribution in [2.45, 2.75) is 31.8 Å². The van der Waals surface area contributed by atoms with E-state index in [1.54, 1.807) is 19.1 Å². The van der Waals surface area contributed by atoms with Gasteiger partial charge in [-0.15, -0.1) is 0 Å². The summed E-state index contributed by atoms with van der Waals surface area (Å²) in [5.41, 5.74) is 0.678. The molecule has 0 aliphatic carbocycles. The zero-order valence-electron chi connectivity index (χ0n) is 17.0. The fourth-order valence-electron chi connectivity index (χ4n) is 3.51. The first-order valence-corrected chi connectivity index (χ1v) is 12.0. The lowest BCUT2D eigenvalue weighted by atomic mass is 10.0. The SMILES string of the molecule is C[C@H](/C=C/S(C)(=O)=O)NC(=O)c1ncc(N2CCCC2c2cccc(F)c2Cl)cc1F. The minimum atomic E-state index is -3.34. The summed E-state index contributed by atoms with van der Waals surface area (Å²) in [6.45, 7) is 2.17. The van der Waals surface area contributed by atoms with Crippen LogP contribution in [0, 0.1) is 11.6 Å². The van der Waals surface area contributed by atoms with Crippen LogP contribution in [-0.2, 0) is 9.84 Å². The van der Waals surface area contributed by atoms with Gasteiger partial charge in [-0.2, -0.15) is 0 Å². The maximum absolute atomic E-state index is 14.7. The van der Waals surface area contributed by atoms with Crippen molar-refractivity contribution in [1.82, 2.24) is 10.3 Å². The summed E-state index contributed by atoms with van der Waals surface area (Å²) in [7, 11) is -3.34. The van der Waals surface area contributed by atoms with Gasteiger partial charge in [-0.1, -0.05) is 29.8 Å². The Morgan fingerprint density at radius 3 is 2.77 bits per heavy atom. The summed E-state index contributed by atoms with van der Waals surface area (Å²) < 4.78 is 50.9. The van der Waals surface area contributed by atoms with E-state index in [-0.39, 0.29) is 11.1 Å². The average molecular weight is 470 g/mol. The van der Waals surface area contributed by atoms with Gasteiger partial charge in [0.15, 0.2) is 21.3 Å². The van der Waals surface area contributed by atoms with Crippen LogP contribution in [0.2, 0.25) is 5.02 Å². The van der Waals surface area contributed by atoms with Gasteiger partial charge in [-0.05, 0) is 31.4 Å². The topological polar surface area (TPSA) is 79.4 Å². The van der Waals surface area contributed by atoms with Crippen LogP contribution in [-0.4, -0.2) is 38.2 Å². The number of nitrogens with one attached hydrogen (secondary N) is 1. The maximum Gasteiger partial charge on any atom is 0.273 e. The Bertz CT molecular complexity index is 1120. The zero-order valence-corrected chi connectivity index (χ0v) is 18.6. The van der Waals surface area contributed by atoms with E-state index < -0.39 is 39.1 Å². The highest BCUT2D eigenvalue weighted by molar-refractivity contribution is 7.93. The summed E-state index contributed by atoms with van der Waals surface area (Å²) in [6.07, 6.45) is 5.24. The van der Waals surface area contributed by atoms with Gasteiger partial charge in [0.25, 0.3) is 5.91 Å². The molecule has 1 aliphatic rings. The van der Waals surface area contributed by atoms with Crippen LogP contribution in [0.4, 0.5) is 14.5 Å². The molecule has 0 spiro atoms. The summed E-state index contributed by atoms with van der Waals surface area (Å²) >= 11 is 6.14. The standard InChI is InChI=1S/C21H22ClF2N3O3S/c1-13(8-10-31(2,29)30)26-21(28)20-17(24)11-14(12-25-20)27-9-4-7-18(27)15-5-3-6-16(23)19(15)22/h3,5-6,8,10-13,18H,4,7,9H2,1-2H3,(H,26,28)/b10-8+/t13-,18?/m1/s1. The number of amides is 1. The van der Waals surface area contributed by atoms with Gasteiger partial charge in [0, 0.05) is 30.3 Å². The lowest BCUT2D eigenvalue weighted by Gasteiger charge is -2.28. The Balaban J connectivity index is 1.79. The summed E-state index contributed by atoms with van der Waals surface area (Å²) in [6, 6.07) is 4.95. The Hall–Kier alpha value is -2.52. The van der Waals surface area contributed by atoms with Crippen molar-refractivity contribution in [3.05, 3.63) is 69.9 Å². The van der Waals surface area contributed by atoms with Gasteiger partial charge in [-0.25, -0.2) is 22.2 Å². The average Bonchev–Trinajstić information content (AvgIpc) is 3.17. The smallest absolute Gasteiger partial charge is 0.273 e. The van der Waals surface area contributed by atoms with Crippen LogP contribution in [0.1, 0.15) is 41.9 Å². The van der Waals surface area contributed by atoms with Crippen LogP contribution < -0.4 is 10.2 Å². The first-order valence-electron chi connectivity index (χ1n) is 9.62. The molecule has 3 rings (SSSR count). The highest BCUT2D eigenvalue weighted by Gasteiger charge is 2.30. The Morgan fingerprint density at radius 2 is 2.10 bits per heavy atom. The zero-order chi connectivity index (χ0) is 22.8. The summed E-state index contributed by atoms with van der Waals surface area (Å²) in [4.78, 5) is 18.2. The first-order chi connectivity index (χ1) is 14.6. The number of halogens is 3. The van der Waals surface area contributed by atoms with Crippen molar-refractivity contribution in [3.8, 4) is 0 Å². The molecular formula is C21H22ClF2N3O3S. The highest BCUT2D eigenvalue weighted by atomic mass is 35.5. The number of aromatic nitrogens is 1. The number of sulfone groups is 1. The van der Waals surface area contributed by atoms with Crippen LogP contribution >= 0.6 is 11.6 Å². The number of carbonyl (C=O) groups is 1. The fourth-order valence-corrected chi connectivity index (χ4v) is 4.29. The van der Waals surface area contributed by atoms with E-state index in [4.69, 9.17) is 11.6 Å². The van der Waals surface area contributed by atoms with Crippen LogP contribution in [0.5, 0.6) is 0 Å². The molecule has 0 radical (unpaired) electrons. The van der Waals surface area contributed by atoms with E-state index in [2.05, 4.69) is 10.3 Å². The number of pyridine rings is 1. The van der Waals surface area contributed by atoms with Gasteiger partial charge in [0.1, 0.15) is 5.82 Å². The fraction of sp³-hybridized carbons (Fsp3) is 0.333. The molecule has 2 aromatic rings. The molecule has 1 unspecified atom stereocenters. The monoisotopic (exact) mass is 469 g/mol. The van der Waals surface area contributed by atoms with Crippen molar-refractivity contribution in [3.63, 3.8) is 0 Å². The predicted molar refractivity (Wildman–Crippen MR) is 116 cm³/mol. The number of hydrogen-bond acceptors (Lipinski definition) is 5. The van der Waals surface area contributed by atoms with Crippen molar-refractivity contribution in [2.75, 3.05) is 17.7 Å². The van der Waals surface area contributed by atoms with E-state index >= 15 is 0 Å². The molecule has 2 atom stereocenters. The second kappa shape index (κ2) is 9.32. The molecule has 1 amide bonds. The minimum Gasteiger partial charge on any atom is -0.363 e. The van der Waals surface area contributed by atoms with Gasteiger partial charge in [0.05, 0.1) is 22.9 Å². The number of hydrogen-bond donors (Lipinski definition) is 1. The van der Waals surface area contributed by atoms with Gasteiger partial charge in [0.2, 0.25) is 0 Å². The number of carbonyl (C=O) groups excluding carboxylic acids is 1. The largest absolute Gasteiger partial charge is 0.363 e. The molecule has 166 valence electrons. The molecule has 1 N–H and O–H groups in total. The summed E-state index contributed by atoms with van der Waals surface area (Å²) in [5, 5.41) is 3.49. The molecule has 1 fully saturated rings. The molecular weight excluding hydrogens is 448 g/mol. The Morgan fingerprint density at radius 1 is 1.35 bits per heavy atom. The lowest BCUT2D eigenvalue weighted by molar-refractivity contribution is 0.0937. The number of nitrogens with zero attached hydrogens (tertiary/aromatic N) is 2. The molecule has 2 heterocycles. The minimum absolute atomic E-state index is 0.0416. The van der Waals surface area contributed by atoms with Crippen molar-refractivity contribution in [2.24, 2.45) is 0 Å². The van der Waals surface area contributed by atoms with Gasteiger partial charge in [-0.3, -0.25) is 4.79 Å². The number of benzene rings is 1. The van der Waals surface area contributed by atoms with E-state index in [0.29, 0.717) is 17.8 Å². The number of rotatable bonds is 6. The first kappa shape index (κ1) is 23.1. The molecule has 6 nitrogen and oxygen atoms in total. The molecule has 1 aliphatic heterocycles. The maximum atomic E-state index is 14.7. The van der Waals surface area contributed by atoms with Crippen molar-refractivity contribution in [1.29, 1.82) is 0 Å². The third-order valence-electron chi connectivity index (χ3n) is 4.94. The van der Waals surface area contributed by atoms with E-state index in [9.17, 15) is 22.0 Å². The number of anilines is 1. The van der Waals surface area contributed by atoms with Crippen LogP contribution in [0.25, 0.3) is 0 Å². The van der Waals surface area contributed by atoms with E-state index in [1.165, 1.54) is 24.4 Å². The van der Waals surface area contributed by atoms with Gasteiger partial charge < -0.3 is 10.2 Å². The van der Waals surface area contributed by atoms with Crippen LogP contribution in [0.15, 0.2) is 41.9 Å². The quantitative estimate of drug-likeness (QED) is 0.691. The third-order valence-corrected chi connectivity index (χ3v) is 5.99. The molecule has 0 saturated carbocycles. The van der Waals surface area contributed by atoms with Crippen molar-refractivity contribution < 1.29 is 22.0 Å². The Kier molecular flexibility index (Phi) is 6.96. The second-order valence-electron chi connectivity index (χ2n) is 7.44. The predicted octanol–water partition coefficient (Wildman–Crippen LogP) is 4.03. The van der Waals surface area contributed by atoms with Crippen molar-refractivity contribution >= 4 is 33.0 Å². The van der Waals surface area contributed by atoms with Crippen LogP contribution in [0.3, 0.4) is 0 Å². The Labute approximate surface area is 184 Å². The third kappa shape index (κ3) is 5.59. The van der Waals surface area contributed by atoms with Gasteiger partial charge >= 0.3 is 0 Å². The molecule has 0 bridgehead atoms. The lowest BCUT2D eigenvalue weighted by Crippen LogP contribution is -2.32.